The van der Waals surface area contributed by atoms with E-state index in [0.29, 0.717) is 11.9 Å². The maximum atomic E-state index is 12.4. The number of fused-ring (bicyclic) bond motifs is 1. The predicted molar refractivity (Wildman–Crippen MR) is 104 cm³/mol. The normalized spacial score (nSPS) is 31.2. The standard InChI is InChI=1S/C19H25N3O3S/c23-19-16-4-3-13(20-14-2-1-7-25-11-14)10-17(16)21-18(22-19)12-26-15-5-8-24-9-6-15/h3-4,10,14-16H,1-2,5-9,11-12H2,(H,21,22,23)/t14-,16?/m0/s1. The highest BCUT2D eigenvalue weighted by Gasteiger charge is 2.29. The van der Waals surface area contributed by atoms with Crippen molar-refractivity contribution in [3.05, 3.63) is 23.9 Å². The summed E-state index contributed by atoms with van der Waals surface area (Å²) in [6.07, 6.45) is 10.0. The largest absolute Gasteiger partial charge is 0.381 e. The van der Waals surface area contributed by atoms with Gasteiger partial charge in [0, 0.05) is 25.1 Å². The van der Waals surface area contributed by atoms with Gasteiger partial charge in [-0.3, -0.25) is 9.79 Å². The SMILES string of the molecule is O=C1NC(CSC2CCOCC2)=NC2=CC(=N[C@H]3CCCOC3)C=CC12. The van der Waals surface area contributed by atoms with Crippen LogP contribution in [0.5, 0.6) is 0 Å². The summed E-state index contributed by atoms with van der Waals surface area (Å²) in [5, 5.41) is 3.55. The molecule has 1 N–H and O–H groups in total. The van der Waals surface area contributed by atoms with Gasteiger partial charge in [-0.05, 0) is 37.8 Å². The van der Waals surface area contributed by atoms with Crippen LogP contribution < -0.4 is 5.32 Å². The summed E-state index contributed by atoms with van der Waals surface area (Å²) in [6.45, 7) is 3.18. The van der Waals surface area contributed by atoms with E-state index in [1.54, 1.807) is 0 Å². The molecular weight excluding hydrogens is 350 g/mol. The summed E-state index contributed by atoms with van der Waals surface area (Å²) in [7, 11) is 0. The predicted octanol–water partition coefficient (Wildman–Crippen LogP) is 2.12. The highest BCUT2D eigenvalue weighted by Crippen LogP contribution is 2.26. The molecule has 26 heavy (non-hydrogen) atoms. The number of nitrogens with zero attached hydrogens (tertiary/aromatic N) is 2. The van der Waals surface area contributed by atoms with Crippen LogP contribution in [0.2, 0.25) is 0 Å². The molecule has 1 amide bonds. The number of allylic oxidation sites excluding steroid dienone is 2. The third kappa shape index (κ3) is 4.45. The molecule has 1 unspecified atom stereocenters. The number of hydrogen-bond acceptors (Lipinski definition) is 6. The van der Waals surface area contributed by atoms with Crippen LogP contribution in [-0.4, -0.2) is 60.9 Å². The van der Waals surface area contributed by atoms with Crippen LogP contribution in [0.4, 0.5) is 0 Å². The number of thioether (sulfide) groups is 1. The van der Waals surface area contributed by atoms with Crippen molar-refractivity contribution in [2.75, 3.05) is 32.2 Å². The summed E-state index contributed by atoms with van der Waals surface area (Å²) in [5.74, 6) is 1.19. The monoisotopic (exact) mass is 375 g/mol. The molecular formula is C19H25N3O3S. The van der Waals surface area contributed by atoms with E-state index >= 15 is 0 Å². The van der Waals surface area contributed by atoms with Crippen LogP contribution in [0.25, 0.3) is 0 Å². The van der Waals surface area contributed by atoms with Crippen molar-refractivity contribution in [2.45, 2.75) is 37.0 Å². The summed E-state index contributed by atoms with van der Waals surface area (Å²) in [4.78, 5) is 21.9. The minimum absolute atomic E-state index is 0.00475. The number of rotatable bonds is 4. The fraction of sp³-hybridized carbons (Fsp3) is 0.632. The molecule has 2 saturated heterocycles. The van der Waals surface area contributed by atoms with Crippen LogP contribution in [-0.2, 0) is 14.3 Å². The second kappa shape index (κ2) is 8.50. The Balaban J connectivity index is 1.43. The van der Waals surface area contributed by atoms with Crippen molar-refractivity contribution >= 4 is 29.2 Å². The fourth-order valence-electron chi connectivity index (χ4n) is 3.53. The highest BCUT2D eigenvalue weighted by atomic mass is 32.2. The van der Waals surface area contributed by atoms with Crippen LogP contribution >= 0.6 is 11.8 Å². The molecule has 2 fully saturated rings. The quantitative estimate of drug-likeness (QED) is 0.817. The molecule has 0 radical (unpaired) electrons. The van der Waals surface area contributed by atoms with Crippen LogP contribution in [0.15, 0.2) is 33.9 Å². The zero-order valence-corrected chi connectivity index (χ0v) is 15.7. The smallest absolute Gasteiger partial charge is 0.238 e. The molecule has 140 valence electrons. The average molecular weight is 375 g/mol. The van der Waals surface area contributed by atoms with Gasteiger partial charge >= 0.3 is 0 Å². The van der Waals surface area contributed by atoms with Gasteiger partial charge in [0.1, 0.15) is 5.84 Å². The molecule has 0 spiro atoms. The average Bonchev–Trinajstić information content (AvgIpc) is 2.68. The molecule has 0 saturated carbocycles. The van der Waals surface area contributed by atoms with Gasteiger partial charge in [0.25, 0.3) is 0 Å². The highest BCUT2D eigenvalue weighted by molar-refractivity contribution is 8.00. The van der Waals surface area contributed by atoms with E-state index in [0.717, 1.165) is 68.5 Å². The number of aliphatic imine (C=N–C) groups is 2. The number of carbonyl (C=O) groups is 1. The van der Waals surface area contributed by atoms with E-state index in [-0.39, 0.29) is 17.9 Å². The molecule has 6 nitrogen and oxygen atoms in total. The molecule has 0 aromatic rings. The molecule has 7 heteroatoms. The lowest BCUT2D eigenvalue weighted by atomic mass is 9.96. The number of hydrogen-bond donors (Lipinski definition) is 1. The fourth-order valence-corrected chi connectivity index (χ4v) is 4.59. The molecule has 2 atom stereocenters. The Morgan fingerprint density at radius 1 is 1.23 bits per heavy atom. The first-order valence-electron chi connectivity index (χ1n) is 9.41. The van der Waals surface area contributed by atoms with Crippen LogP contribution in [0.1, 0.15) is 25.7 Å². The molecule has 0 bridgehead atoms. The topological polar surface area (TPSA) is 72.3 Å². The summed E-state index contributed by atoms with van der Waals surface area (Å²) >= 11 is 1.86. The molecule has 3 heterocycles. The molecule has 0 aromatic heterocycles. The zero-order valence-electron chi connectivity index (χ0n) is 14.9. The van der Waals surface area contributed by atoms with E-state index in [1.165, 1.54) is 0 Å². The third-order valence-corrected chi connectivity index (χ3v) is 6.36. The second-order valence-electron chi connectivity index (χ2n) is 7.00. The number of carbonyl (C=O) groups excluding carboxylic acids is 1. The Kier molecular flexibility index (Phi) is 5.87. The molecule has 3 aliphatic heterocycles. The molecule has 4 aliphatic rings. The van der Waals surface area contributed by atoms with Gasteiger partial charge in [0.05, 0.1) is 35.7 Å². The van der Waals surface area contributed by atoms with E-state index in [9.17, 15) is 4.79 Å². The van der Waals surface area contributed by atoms with Gasteiger partial charge in [-0.2, -0.15) is 11.8 Å². The first kappa shape index (κ1) is 17.9. The lowest BCUT2D eigenvalue weighted by molar-refractivity contribution is -0.121. The zero-order chi connectivity index (χ0) is 17.8. The van der Waals surface area contributed by atoms with Gasteiger partial charge < -0.3 is 14.8 Å². The number of amides is 1. The van der Waals surface area contributed by atoms with Crippen LogP contribution in [0, 0.1) is 5.92 Å². The van der Waals surface area contributed by atoms with Gasteiger partial charge in [0.15, 0.2) is 0 Å². The van der Waals surface area contributed by atoms with E-state index in [1.807, 2.05) is 30.0 Å². The Morgan fingerprint density at radius 2 is 2.12 bits per heavy atom. The first-order valence-corrected chi connectivity index (χ1v) is 10.5. The summed E-state index contributed by atoms with van der Waals surface area (Å²) < 4.78 is 10.9. The number of nitrogens with one attached hydrogen (secondary N) is 1. The Morgan fingerprint density at radius 3 is 2.92 bits per heavy atom. The van der Waals surface area contributed by atoms with Gasteiger partial charge in [-0.1, -0.05) is 6.08 Å². The van der Waals surface area contributed by atoms with Crippen molar-refractivity contribution in [2.24, 2.45) is 15.9 Å². The van der Waals surface area contributed by atoms with Crippen molar-refractivity contribution < 1.29 is 14.3 Å². The number of amidine groups is 1. The molecule has 4 rings (SSSR count). The second-order valence-corrected chi connectivity index (χ2v) is 8.29. The lowest BCUT2D eigenvalue weighted by Crippen LogP contribution is -2.42. The Hall–Kier alpha value is -1.44. The number of ether oxygens (including phenoxy) is 2. The van der Waals surface area contributed by atoms with Crippen molar-refractivity contribution in [3.63, 3.8) is 0 Å². The molecule has 1 aliphatic carbocycles. The lowest BCUT2D eigenvalue weighted by Gasteiger charge is -2.26. The van der Waals surface area contributed by atoms with Gasteiger partial charge in [-0.25, -0.2) is 4.99 Å². The minimum atomic E-state index is -0.298. The van der Waals surface area contributed by atoms with Gasteiger partial charge in [-0.15, -0.1) is 0 Å². The van der Waals surface area contributed by atoms with Crippen molar-refractivity contribution in [3.8, 4) is 0 Å². The molecule has 0 aromatic carbocycles. The van der Waals surface area contributed by atoms with Crippen molar-refractivity contribution in [1.82, 2.24) is 5.32 Å². The van der Waals surface area contributed by atoms with E-state index in [4.69, 9.17) is 19.5 Å². The maximum Gasteiger partial charge on any atom is 0.238 e. The minimum Gasteiger partial charge on any atom is -0.381 e. The summed E-state index contributed by atoms with van der Waals surface area (Å²) in [6, 6.07) is 0.210. The third-order valence-electron chi connectivity index (χ3n) is 4.98. The Labute approximate surface area is 158 Å². The maximum absolute atomic E-state index is 12.4. The van der Waals surface area contributed by atoms with Gasteiger partial charge in [0.2, 0.25) is 5.91 Å². The van der Waals surface area contributed by atoms with Crippen LogP contribution in [0.3, 0.4) is 0 Å². The summed E-state index contributed by atoms with van der Waals surface area (Å²) in [5.41, 5.74) is 1.69. The van der Waals surface area contributed by atoms with E-state index in [2.05, 4.69) is 5.32 Å². The van der Waals surface area contributed by atoms with E-state index < -0.39 is 0 Å². The van der Waals surface area contributed by atoms with Crippen molar-refractivity contribution in [1.29, 1.82) is 0 Å². The first-order chi connectivity index (χ1) is 12.8. The Bertz CT molecular complexity index is 659.